The molecular weight excluding hydrogens is 478 g/mol. The summed E-state index contributed by atoms with van der Waals surface area (Å²) in [5.74, 6) is -6.74. The number of fused-ring (bicyclic) bond motifs is 3. The molecule has 3 aliphatic carbocycles. The molecule has 6 N–H and O–H groups in total. The number of carbonyl (C=O) groups is 3. The summed E-state index contributed by atoms with van der Waals surface area (Å²) in [7, 11) is 3.18. The van der Waals surface area contributed by atoms with Crippen molar-refractivity contribution in [2.75, 3.05) is 14.1 Å². The van der Waals surface area contributed by atoms with Gasteiger partial charge in [-0.1, -0.05) is 6.07 Å². The molecule has 0 fully saturated rings. The van der Waals surface area contributed by atoms with Gasteiger partial charge in [0, 0.05) is 22.7 Å². The maximum Gasteiger partial charge on any atom is 0.255 e. The van der Waals surface area contributed by atoms with E-state index in [0.29, 0.717) is 16.8 Å². The number of hydrogen-bond donors (Lipinski definition) is 5. The Kier molecular flexibility index (Phi) is 5.50. The van der Waals surface area contributed by atoms with Crippen LogP contribution >= 0.6 is 0 Å². The summed E-state index contributed by atoms with van der Waals surface area (Å²) in [6, 6.07) is 7.48. The van der Waals surface area contributed by atoms with E-state index < -0.39 is 58.0 Å². The third-order valence-electron chi connectivity index (χ3n) is 7.77. The van der Waals surface area contributed by atoms with Gasteiger partial charge in [-0.15, -0.1) is 0 Å². The number of phenols is 1. The molecule has 0 saturated carbocycles. The van der Waals surface area contributed by atoms with E-state index in [9.17, 15) is 34.8 Å². The number of aromatic hydroxyl groups is 1. The predicted octanol–water partition coefficient (Wildman–Crippen LogP) is 1.49. The fraction of sp³-hybridized carbons (Fsp3) is 0.333. The number of nitrogens with zero attached hydrogens (tertiary/aromatic N) is 2. The molecule has 2 aromatic rings. The van der Waals surface area contributed by atoms with Gasteiger partial charge >= 0.3 is 0 Å². The van der Waals surface area contributed by atoms with E-state index in [1.54, 1.807) is 26.2 Å². The zero-order valence-corrected chi connectivity index (χ0v) is 20.5. The number of nitrogens with two attached hydrogens (primary N) is 1. The fourth-order valence-corrected chi connectivity index (χ4v) is 6.18. The quantitative estimate of drug-likeness (QED) is 0.387. The molecule has 0 radical (unpaired) electrons. The van der Waals surface area contributed by atoms with Crippen molar-refractivity contribution in [2.45, 2.75) is 31.4 Å². The maximum atomic E-state index is 13.8. The van der Waals surface area contributed by atoms with Crippen LogP contribution in [-0.2, 0) is 16.0 Å². The van der Waals surface area contributed by atoms with Crippen LogP contribution in [0.15, 0.2) is 53.0 Å². The third-order valence-corrected chi connectivity index (χ3v) is 7.77. The summed E-state index contributed by atoms with van der Waals surface area (Å²) in [5.41, 5.74) is 4.20. The normalized spacial score (nSPS) is 27.2. The highest BCUT2D eigenvalue weighted by Crippen LogP contribution is 2.53. The smallest absolute Gasteiger partial charge is 0.255 e. The number of carbonyl (C=O) groups excluding carboxylic acids is 3. The fourth-order valence-electron chi connectivity index (χ4n) is 6.18. The highest BCUT2D eigenvalue weighted by Gasteiger charge is 2.63. The van der Waals surface area contributed by atoms with Crippen molar-refractivity contribution < 1.29 is 34.8 Å². The van der Waals surface area contributed by atoms with Gasteiger partial charge in [-0.25, -0.2) is 0 Å². The molecule has 3 aliphatic rings. The first-order chi connectivity index (χ1) is 17.4. The van der Waals surface area contributed by atoms with E-state index in [1.165, 1.54) is 11.0 Å². The second kappa shape index (κ2) is 8.25. The highest BCUT2D eigenvalue weighted by atomic mass is 16.3. The van der Waals surface area contributed by atoms with Gasteiger partial charge in [0.25, 0.3) is 5.91 Å². The lowest BCUT2D eigenvalue weighted by atomic mass is 9.58. The molecule has 1 amide bonds. The number of aromatic nitrogens is 1. The Balaban J connectivity index is 1.73. The summed E-state index contributed by atoms with van der Waals surface area (Å²) < 4.78 is 0. The summed E-state index contributed by atoms with van der Waals surface area (Å²) in [4.78, 5) is 45.2. The average molecular weight is 506 g/mol. The Morgan fingerprint density at radius 3 is 2.46 bits per heavy atom. The van der Waals surface area contributed by atoms with Gasteiger partial charge in [0.15, 0.2) is 11.4 Å². The number of amides is 1. The molecule has 5 rings (SSSR count). The number of pyridine rings is 1. The standard InChI is InChI=1S/C27H27N3O7/c1-11-5-4-6-16(29-11)13-7-8-17(31)19-14(13)9-12-10-15-21(30(2)3)23(33)20(26(28)36)25(35)27(15,37)24(34)18(12)22(19)32/h4-8,12,15,21,31,33-34,37H,9-10H2,1-3H3,(H2,28,36)/t12-,15-,21?,27-/m1/s1. The zero-order valence-electron chi connectivity index (χ0n) is 20.5. The monoisotopic (exact) mass is 505 g/mol. The lowest BCUT2D eigenvalue weighted by molar-refractivity contribution is -0.148. The van der Waals surface area contributed by atoms with Crippen LogP contribution in [0.5, 0.6) is 5.75 Å². The van der Waals surface area contributed by atoms with Crippen LogP contribution in [0.3, 0.4) is 0 Å². The first-order valence-corrected chi connectivity index (χ1v) is 11.8. The minimum absolute atomic E-state index is 0.0299. The second-order valence-corrected chi connectivity index (χ2v) is 10.1. The number of hydrogen-bond acceptors (Lipinski definition) is 9. The van der Waals surface area contributed by atoms with Crippen molar-refractivity contribution in [1.82, 2.24) is 9.88 Å². The number of aliphatic hydroxyl groups excluding tert-OH is 2. The largest absolute Gasteiger partial charge is 0.510 e. The Morgan fingerprint density at radius 2 is 1.84 bits per heavy atom. The number of likely N-dealkylation sites (N-methyl/N-ethyl adjacent to an activating group) is 1. The number of Topliss-reactive ketones (excluding diaryl/α,β-unsaturated/α-hetero) is 2. The Bertz CT molecular complexity index is 1460. The second-order valence-electron chi connectivity index (χ2n) is 10.1. The van der Waals surface area contributed by atoms with Gasteiger partial charge in [-0.05, 0) is 69.6 Å². The van der Waals surface area contributed by atoms with Gasteiger partial charge < -0.3 is 26.2 Å². The number of aliphatic hydroxyl groups is 3. The number of aryl methyl sites for hydroxylation is 1. The Hall–Kier alpha value is -4.02. The molecule has 1 aromatic carbocycles. The van der Waals surface area contributed by atoms with E-state index in [1.807, 2.05) is 19.1 Å². The average Bonchev–Trinajstić information content (AvgIpc) is 2.81. The van der Waals surface area contributed by atoms with Gasteiger partial charge in [0.2, 0.25) is 5.78 Å². The van der Waals surface area contributed by atoms with Crippen molar-refractivity contribution in [3.05, 3.63) is 69.8 Å². The molecule has 37 heavy (non-hydrogen) atoms. The van der Waals surface area contributed by atoms with E-state index in [0.717, 1.165) is 5.69 Å². The van der Waals surface area contributed by atoms with E-state index in [2.05, 4.69) is 4.98 Å². The van der Waals surface area contributed by atoms with Crippen LogP contribution in [0.4, 0.5) is 0 Å². The summed E-state index contributed by atoms with van der Waals surface area (Å²) in [6.07, 6.45) is 0.232. The molecule has 0 aliphatic heterocycles. The summed E-state index contributed by atoms with van der Waals surface area (Å²) in [5, 5.41) is 44.5. The minimum atomic E-state index is -2.66. The lowest BCUT2D eigenvalue weighted by Crippen LogP contribution is -2.63. The maximum absolute atomic E-state index is 13.8. The number of benzene rings is 1. The first-order valence-electron chi connectivity index (χ1n) is 11.8. The number of ketones is 2. The predicted molar refractivity (Wildman–Crippen MR) is 132 cm³/mol. The number of allylic oxidation sites excluding steroid dienone is 1. The van der Waals surface area contributed by atoms with Gasteiger partial charge in [-0.3, -0.25) is 24.3 Å². The van der Waals surface area contributed by atoms with Gasteiger partial charge in [-0.2, -0.15) is 0 Å². The Morgan fingerprint density at radius 1 is 1.14 bits per heavy atom. The van der Waals surface area contributed by atoms with Crippen LogP contribution < -0.4 is 5.73 Å². The zero-order chi connectivity index (χ0) is 27.0. The molecule has 1 heterocycles. The van der Waals surface area contributed by atoms with Crippen molar-refractivity contribution in [3.63, 3.8) is 0 Å². The minimum Gasteiger partial charge on any atom is -0.510 e. The molecule has 10 nitrogen and oxygen atoms in total. The van der Waals surface area contributed by atoms with Crippen molar-refractivity contribution >= 4 is 17.5 Å². The summed E-state index contributed by atoms with van der Waals surface area (Å²) in [6.45, 7) is 1.84. The lowest BCUT2D eigenvalue weighted by Gasteiger charge is -2.50. The van der Waals surface area contributed by atoms with E-state index in [4.69, 9.17) is 5.73 Å². The number of phenolic OH excluding ortho intramolecular Hbond substituents is 1. The van der Waals surface area contributed by atoms with Crippen LogP contribution in [0.1, 0.15) is 28.0 Å². The highest BCUT2D eigenvalue weighted by molar-refractivity contribution is 6.24. The van der Waals surface area contributed by atoms with Crippen molar-refractivity contribution in [1.29, 1.82) is 0 Å². The molecule has 0 bridgehead atoms. The molecule has 0 spiro atoms. The summed E-state index contributed by atoms with van der Waals surface area (Å²) >= 11 is 0. The van der Waals surface area contributed by atoms with E-state index >= 15 is 0 Å². The van der Waals surface area contributed by atoms with Crippen LogP contribution in [-0.4, -0.2) is 73.5 Å². The molecule has 4 atom stereocenters. The molecule has 1 aromatic heterocycles. The van der Waals surface area contributed by atoms with Crippen molar-refractivity contribution in [3.8, 4) is 17.0 Å². The van der Waals surface area contributed by atoms with Crippen LogP contribution in [0.25, 0.3) is 11.3 Å². The van der Waals surface area contributed by atoms with Gasteiger partial charge in [0.05, 0.1) is 17.3 Å². The molecule has 10 heteroatoms. The Labute approximate surface area is 212 Å². The molecular formula is C27H27N3O7. The first kappa shape index (κ1) is 24.7. The van der Waals surface area contributed by atoms with E-state index in [-0.39, 0.29) is 29.7 Å². The number of primary amides is 1. The third kappa shape index (κ3) is 3.32. The SMILES string of the molecule is Cc1cccc(-c2ccc(O)c3c2C[C@@H]2C[C@@H]4C(N(C)C)C(O)=C(C(N)=O)C(=O)[C@]4(O)C(O)=C2C3=O)n1. The number of rotatable bonds is 3. The van der Waals surface area contributed by atoms with Crippen molar-refractivity contribution in [2.24, 2.45) is 17.6 Å². The van der Waals surface area contributed by atoms with Crippen LogP contribution in [0.2, 0.25) is 0 Å². The molecule has 1 unspecified atom stereocenters. The molecule has 192 valence electrons. The van der Waals surface area contributed by atoms with Gasteiger partial charge in [0.1, 0.15) is 22.8 Å². The molecule has 0 saturated heterocycles. The topological polar surface area (TPSA) is 174 Å². The van der Waals surface area contributed by atoms with Crippen LogP contribution in [0, 0.1) is 18.8 Å².